The quantitative estimate of drug-likeness (QED) is 0.0261. The van der Waals surface area contributed by atoms with Crippen molar-refractivity contribution in [2.45, 2.75) is 281 Å². The van der Waals surface area contributed by atoms with Crippen LogP contribution in [-0.2, 0) is 14.3 Å². The van der Waals surface area contributed by atoms with Gasteiger partial charge in [-0.2, -0.15) is 0 Å². The van der Waals surface area contributed by atoms with Crippen molar-refractivity contribution in [3.63, 3.8) is 0 Å². The van der Waals surface area contributed by atoms with Gasteiger partial charge in [-0.05, 0) is 89.9 Å². The van der Waals surface area contributed by atoms with E-state index in [1.165, 1.54) is 109 Å². The lowest BCUT2D eigenvalue weighted by molar-refractivity contribution is -0.302. The van der Waals surface area contributed by atoms with Crippen LogP contribution in [0.3, 0.4) is 0 Å². The van der Waals surface area contributed by atoms with Crippen molar-refractivity contribution in [2.75, 3.05) is 13.2 Å². The van der Waals surface area contributed by atoms with Gasteiger partial charge in [0.15, 0.2) is 6.29 Å². The second-order valence-electron chi connectivity index (χ2n) is 20.8. The molecule has 76 heavy (non-hydrogen) atoms. The number of hydrogen-bond donors (Lipinski definition) is 6. The molecule has 1 amide bonds. The Hall–Kier alpha value is -3.41. The number of carbonyl (C=O) groups is 1. The lowest BCUT2D eigenvalue weighted by Crippen LogP contribution is -2.60. The van der Waals surface area contributed by atoms with Crippen molar-refractivity contribution in [2.24, 2.45) is 0 Å². The van der Waals surface area contributed by atoms with E-state index in [0.717, 1.165) is 96.3 Å². The first-order valence-electron chi connectivity index (χ1n) is 30.7. The summed E-state index contributed by atoms with van der Waals surface area (Å²) in [5.41, 5.74) is 0. The summed E-state index contributed by atoms with van der Waals surface area (Å²) in [6.07, 6.45) is 75.1. The number of allylic oxidation sites excluding steroid dienone is 20. The number of rotatable bonds is 51. The molecule has 0 aromatic rings. The second-order valence-corrected chi connectivity index (χ2v) is 20.8. The fourth-order valence-electron chi connectivity index (χ4n) is 9.01. The Kier molecular flexibility index (Phi) is 51.0. The van der Waals surface area contributed by atoms with Gasteiger partial charge in [-0.3, -0.25) is 4.79 Å². The molecule has 434 valence electrons. The van der Waals surface area contributed by atoms with E-state index in [2.05, 4.69) is 141 Å². The lowest BCUT2D eigenvalue weighted by Gasteiger charge is -2.40. The van der Waals surface area contributed by atoms with Gasteiger partial charge in [-0.15, -0.1) is 0 Å². The molecule has 6 N–H and O–H groups in total. The van der Waals surface area contributed by atoms with Gasteiger partial charge in [0.1, 0.15) is 24.4 Å². The average Bonchev–Trinajstić information content (AvgIpc) is 3.42. The second kappa shape index (κ2) is 54.9. The van der Waals surface area contributed by atoms with Crippen molar-refractivity contribution in [3.05, 3.63) is 122 Å². The number of hydrogen-bond acceptors (Lipinski definition) is 8. The Labute approximate surface area is 465 Å². The van der Waals surface area contributed by atoms with Crippen LogP contribution in [0.5, 0.6) is 0 Å². The standard InChI is InChI=1S/C67H113NO8/c1-3-5-7-9-11-13-15-17-19-21-23-25-26-27-28-29-30-31-32-33-34-35-36-37-39-41-43-45-47-49-51-53-55-57-63(71)68-60(59-75-67-66(74)65(73)64(72)62(58-69)76-67)61(70)56-54-52-50-48-46-44-42-40-38-24-22-20-18-16-14-12-10-8-6-4-2/h5,7,11,13,17,19,23,25,27-28,30-31,33-34,36-37,41,43,47,49,60-62,64-67,69-70,72-74H,3-4,6,8-10,12,14-16,18,20-22,24,26,29,32,35,38-40,42,44-46,48,50-59H2,1-2H3,(H,68,71)/b7-5-,13-11-,19-17-,25-23-,28-27-,31-30-,34-33-,37-36-,43-41-,49-47-. The predicted molar refractivity (Wildman–Crippen MR) is 322 cm³/mol. The van der Waals surface area contributed by atoms with Crippen molar-refractivity contribution in [3.8, 4) is 0 Å². The van der Waals surface area contributed by atoms with E-state index in [9.17, 15) is 30.3 Å². The molecule has 0 saturated carbocycles. The van der Waals surface area contributed by atoms with Crippen LogP contribution in [0.2, 0.25) is 0 Å². The highest BCUT2D eigenvalue weighted by Crippen LogP contribution is 2.23. The van der Waals surface area contributed by atoms with E-state index in [4.69, 9.17) is 9.47 Å². The highest BCUT2D eigenvalue weighted by atomic mass is 16.7. The summed E-state index contributed by atoms with van der Waals surface area (Å²) in [6.45, 7) is 3.71. The molecule has 1 rings (SSSR count). The van der Waals surface area contributed by atoms with Gasteiger partial charge < -0.3 is 40.3 Å². The molecule has 1 aliphatic rings. The summed E-state index contributed by atoms with van der Waals surface area (Å²) in [5.74, 6) is -0.190. The molecule has 0 spiro atoms. The minimum Gasteiger partial charge on any atom is -0.394 e. The molecule has 1 heterocycles. The molecule has 1 aliphatic heterocycles. The van der Waals surface area contributed by atoms with Crippen LogP contribution in [0, 0.1) is 0 Å². The van der Waals surface area contributed by atoms with Crippen LogP contribution < -0.4 is 5.32 Å². The van der Waals surface area contributed by atoms with Gasteiger partial charge in [-0.1, -0.05) is 264 Å². The summed E-state index contributed by atoms with van der Waals surface area (Å²) >= 11 is 0. The summed E-state index contributed by atoms with van der Waals surface area (Å²) in [7, 11) is 0. The molecule has 0 aliphatic carbocycles. The van der Waals surface area contributed by atoms with E-state index < -0.39 is 49.5 Å². The van der Waals surface area contributed by atoms with Crippen LogP contribution in [0.15, 0.2) is 122 Å². The third-order valence-corrected chi connectivity index (χ3v) is 13.8. The molecule has 9 heteroatoms. The Balaban J connectivity index is 2.25. The number of aliphatic hydroxyl groups excluding tert-OH is 5. The van der Waals surface area contributed by atoms with Gasteiger partial charge in [-0.25, -0.2) is 0 Å². The van der Waals surface area contributed by atoms with Crippen LogP contribution in [0.1, 0.15) is 239 Å². The number of aliphatic hydroxyl groups is 5. The van der Waals surface area contributed by atoms with Gasteiger partial charge in [0.25, 0.3) is 0 Å². The minimum absolute atomic E-state index is 0.163. The molecule has 9 nitrogen and oxygen atoms in total. The maximum absolute atomic E-state index is 13.1. The van der Waals surface area contributed by atoms with Crippen molar-refractivity contribution < 1.29 is 39.8 Å². The topological polar surface area (TPSA) is 149 Å². The number of ether oxygens (including phenoxy) is 2. The Morgan fingerprint density at radius 3 is 1.18 bits per heavy atom. The van der Waals surface area contributed by atoms with E-state index in [1.54, 1.807) is 0 Å². The average molecular weight is 1060 g/mol. The molecular formula is C67H113NO8. The van der Waals surface area contributed by atoms with Gasteiger partial charge >= 0.3 is 0 Å². The molecule has 0 aromatic carbocycles. The molecule has 1 fully saturated rings. The van der Waals surface area contributed by atoms with Gasteiger partial charge in [0.05, 0.1) is 25.4 Å². The summed E-state index contributed by atoms with van der Waals surface area (Å²) < 4.78 is 11.3. The predicted octanol–water partition coefficient (Wildman–Crippen LogP) is 15.9. The fraction of sp³-hybridized carbons (Fsp3) is 0.687. The zero-order valence-electron chi connectivity index (χ0n) is 48.2. The zero-order chi connectivity index (χ0) is 55.0. The molecule has 7 unspecified atom stereocenters. The highest BCUT2D eigenvalue weighted by Gasteiger charge is 2.44. The normalized spacial score (nSPS) is 19.7. The fourth-order valence-corrected chi connectivity index (χ4v) is 9.01. The van der Waals surface area contributed by atoms with E-state index >= 15 is 0 Å². The monoisotopic (exact) mass is 1060 g/mol. The molecular weight excluding hydrogens is 947 g/mol. The first-order chi connectivity index (χ1) is 37.3. The number of carbonyl (C=O) groups excluding carboxylic acids is 1. The highest BCUT2D eigenvalue weighted by molar-refractivity contribution is 5.76. The Bertz CT molecular complexity index is 1610. The van der Waals surface area contributed by atoms with Gasteiger partial charge in [0.2, 0.25) is 5.91 Å². The van der Waals surface area contributed by atoms with Crippen molar-refractivity contribution in [1.29, 1.82) is 0 Å². The Morgan fingerprint density at radius 2 is 0.816 bits per heavy atom. The van der Waals surface area contributed by atoms with Crippen LogP contribution in [0.25, 0.3) is 0 Å². The Morgan fingerprint density at radius 1 is 0.461 bits per heavy atom. The summed E-state index contributed by atoms with van der Waals surface area (Å²) in [4.78, 5) is 13.1. The largest absolute Gasteiger partial charge is 0.394 e. The molecule has 1 saturated heterocycles. The van der Waals surface area contributed by atoms with Crippen LogP contribution >= 0.6 is 0 Å². The molecule has 0 bridgehead atoms. The molecule has 7 atom stereocenters. The van der Waals surface area contributed by atoms with Crippen LogP contribution in [0.4, 0.5) is 0 Å². The van der Waals surface area contributed by atoms with Gasteiger partial charge in [0, 0.05) is 6.42 Å². The van der Waals surface area contributed by atoms with Crippen molar-refractivity contribution >= 4 is 5.91 Å². The maximum atomic E-state index is 13.1. The number of amides is 1. The lowest BCUT2D eigenvalue weighted by atomic mass is 9.99. The smallest absolute Gasteiger partial charge is 0.220 e. The number of unbranched alkanes of at least 4 members (excludes halogenated alkanes) is 21. The first kappa shape index (κ1) is 70.6. The van der Waals surface area contributed by atoms with E-state index in [-0.39, 0.29) is 12.5 Å². The SMILES string of the molecule is CC/C=C\C/C=C\C/C=C\C/C=C\C/C=C\C/C=C\C/C=C\C/C=C\C/C=C\C/C=C\CCCCC(=O)NC(COC1OC(CO)C(O)C(O)C1O)C(O)CCCCCCCCCCCCCCCCCCCCCC. The third-order valence-electron chi connectivity index (χ3n) is 13.8. The summed E-state index contributed by atoms with van der Waals surface area (Å²) in [5, 5.41) is 54.7. The molecule has 0 radical (unpaired) electrons. The minimum atomic E-state index is -1.57. The van der Waals surface area contributed by atoms with E-state index in [0.29, 0.717) is 19.3 Å². The molecule has 0 aromatic heterocycles. The zero-order valence-corrected chi connectivity index (χ0v) is 48.2. The van der Waals surface area contributed by atoms with E-state index in [1.807, 2.05) is 0 Å². The number of nitrogens with one attached hydrogen (secondary N) is 1. The first-order valence-corrected chi connectivity index (χ1v) is 30.7. The van der Waals surface area contributed by atoms with Crippen molar-refractivity contribution in [1.82, 2.24) is 5.32 Å². The third kappa shape index (κ3) is 43.6. The maximum Gasteiger partial charge on any atom is 0.220 e. The van der Waals surface area contributed by atoms with Crippen LogP contribution in [-0.4, -0.2) is 87.5 Å². The summed E-state index contributed by atoms with van der Waals surface area (Å²) in [6, 6.07) is -0.753.